The summed E-state index contributed by atoms with van der Waals surface area (Å²) >= 11 is 1.51. The minimum atomic E-state index is -3.24. The summed E-state index contributed by atoms with van der Waals surface area (Å²) in [6.07, 6.45) is 5.06. The predicted octanol–water partition coefficient (Wildman–Crippen LogP) is 2.22. The second kappa shape index (κ2) is 5.09. The summed E-state index contributed by atoms with van der Waals surface area (Å²) in [6.45, 7) is 0. The van der Waals surface area contributed by atoms with Crippen LogP contribution in [0.5, 0.6) is 0 Å². The van der Waals surface area contributed by atoms with Crippen LogP contribution in [-0.4, -0.2) is 29.8 Å². The normalized spacial score (nSPS) is 11.9. The fourth-order valence-corrected chi connectivity index (χ4v) is 3.37. The number of carbonyl (C=O) groups excluding carboxylic acids is 1. The largest absolute Gasteiger partial charge is 0.297 e. The third-order valence-corrected chi connectivity index (χ3v) is 4.99. The van der Waals surface area contributed by atoms with Gasteiger partial charge in [-0.15, -0.1) is 11.3 Å². The lowest BCUT2D eigenvalue weighted by atomic mass is 10.1. The minimum Gasteiger partial charge on any atom is -0.297 e. The zero-order chi connectivity index (χ0) is 15.0. The zero-order valence-corrected chi connectivity index (χ0v) is 12.8. The van der Waals surface area contributed by atoms with Crippen LogP contribution in [0.4, 0.5) is 0 Å². The molecule has 0 radical (unpaired) electrons. The molecule has 0 N–H and O–H groups in total. The molecule has 1 aromatic carbocycles. The number of thiazole rings is 1. The van der Waals surface area contributed by atoms with Crippen molar-refractivity contribution in [3.63, 3.8) is 0 Å². The number of benzene rings is 1. The van der Waals surface area contributed by atoms with Gasteiger partial charge in [-0.3, -0.25) is 9.20 Å². The van der Waals surface area contributed by atoms with Crippen LogP contribution in [0.15, 0.2) is 46.9 Å². The lowest BCUT2D eigenvalue weighted by Gasteiger charge is -2.01. The van der Waals surface area contributed by atoms with E-state index in [1.54, 1.807) is 0 Å². The molecule has 0 atom stereocenters. The first-order valence-corrected chi connectivity index (χ1v) is 8.95. The fraction of sp³-hybridized carbons (Fsp3) is 0.143. The van der Waals surface area contributed by atoms with E-state index in [9.17, 15) is 13.2 Å². The summed E-state index contributed by atoms with van der Waals surface area (Å²) in [4.78, 5) is 17.6. The van der Waals surface area contributed by atoms with Gasteiger partial charge in [0.1, 0.15) is 0 Å². The summed E-state index contributed by atoms with van der Waals surface area (Å²) < 4.78 is 24.6. The smallest absolute Gasteiger partial charge is 0.193 e. The van der Waals surface area contributed by atoms with Crippen LogP contribution in [0.3, 0.4) is 0 Å². The minimum absolute atomic E-state index is 0.0826. The molecule has 3 rings (SSSR count). The molecule has 0 bridgehead atoms. The summed E-state index contributed by atoms with van der Waals surface area (Å²) in [7, 11) is -3.24. The predicted molar refractivity (Wildman–Crippen MR) is 80.7 cm³/mol. The maximum absolute atomic E-state index is 12.2. The fourth-order valence-electron chi connectivity index (χ4n) is 2.02. The Bertz CT molecular complexity index is 877. The van der Waals surface area contributed by atoms with Gasteiger partial charge in [-0.05, 0) is 12.1 Å². The third kappa shape index (κ3) is 2.88. The van der Waals surface area contributed by atoms with E-state index >= 15 is 0 Å². The van der Waals surface area contributed by atoms with Gasteiger partial charge in [0, 0.05) is 29.6 Å². The molecular weight excluding hydrogens is 308 g/mol. The number of carbonyl (C=O) groups is 1. The average molecular weight is 320 g/mol. The summed E-state index contributed by atoms with van der Waals surface area (Å²) in [6, 6.07) is 5.98. The van der Waals surface area contributed by atoms with Crippen molar-refractivity contribution in [1.29, 1.82) is 0 Å². The lowest BCUT2D eigenvalue weighted by Crippen LogP contribution is -2.05. The quantitative estimate of drug-likeness (QED) is 0.691. The van der Waals surface area contributed by atoms with Crippen LogP contribution in [-0.2, 0) is 16.3 Å². The van der Waals surface area contributed by atoms with E-state index < -0.39 is 9.84 Å². The molecule has 108 valence electrons. The maximum Gasteiger partial charge on any atom is 0.193 e. The molecule has 0 aliphatic rings. The molecule has 3 aromatic rings. The number of aromatic nitrogens is 2. The Balaban J connectivity index is 1.80. The first-order chi connectivity index (χ1) is 9.93. The highest BCUT2D eigenvalue weighted by Crippen LogP contribution is 2.15. The molecule has 2 heterocycles. The molecule has 0 saturated carbocycles. The van der Waals surface area contributed by atoms with Gasteiger partial charge in [0.25, 0.3) is 0 Å². The standard InChI is InChI=1S/C14H12N2O3S2/c1-21(18,19)12-4-2-10(3-5-12)13(17)8-11-9-16-6-7-20-14(16)15-11/h2-7,9H,8H2,1H3. The van der Waals surface area contributed by atoms with Crippen LogP contribution in [0.25, 0.3) is 4.96 Å². The molecule has 0 aliphatic carbocycles. The molecule has 2 aromatic heterocycles. The number of rotatable bonds is 4. The molecule has 7 heteroatoms. The number of nitrogens with zero attached hydrogens (tertiary/aromatic N) is 2. The van der Waals surface area contributed by atoms with Crippen LogP contribution >= 0.6 is 11.3 Å². The van der Waals surface area contributed by atoms with Gasteiger partial charge >= 0.3 is 0 Å². The molecule has 0 aliphatic heterocycles. The summed E-state index contributed by atoms with van der Waals surface area (Å²) in [5.41, 5.74) is 1.19. The Labute approximate surface area is 125 Å². The number of Topliss-reactive ketones (excluding diaryl/α,β-unsaturated/α-hetero) is 1. The highest BCUT2D eigenvalue weighted by Gasteiger charge is 2.12. The Morgan fingerprint density at radius 3 is 2.62 bits per heavy atom. The van der Waals surface area contributed by atoms with E-state index in [1.807, 2.05) is 22.2 Å². The van der Waals surface area contributed by atoms with Crippen LogP contribution < -0.4 is 0 Å². The molecule has 0 saturated heterocycles. The first kappa shape index (κ1) is 14.0. The Kier molecular flexibility index (Phi) is 3.38. The van der Waals surface area contributed by atoms with Crippen molar-refractivity contribution in [1.82, 2.24) is 9.38 Å². The number of fused-ring (bicyclic) bond motifs is 1. The molecule has 0 fully saturated rings. The maximum atomic E-state index is 12.2. The van der Waals surface area contributed by atoms with Crippen molar-refractivity contribution >= 4 is 31.9 Å². The first-order valence-electron chi connectivity index (χ1n) is 6.18. The monoisotopic (exact) mass is 320 g/mol. The summed E-state index contributed by atoms with van der Waals surface area (Å²) in [5, 5.41) is 1.93. The second-order valence-electron chi connectivity index (χ2n) is 4.72. The summed E-state index contributed by atoms with van der Waals surface area (Å²) in [5.74, 6) is -0.0826. The molecule has 0 amide bonds. The zero-order valence-electron chi connectivity index (χ0n) is 11.2. The van der Waals surface area contributed by atoms with Crippen LogP contribution in [0.1, 0.15) is 16.1 Å². The molecule has 0 spiro atoms. The highest BCUT2D eigenvalue weighted by molar-refractivity contribution is 7.90. The van der Waals surface area contributed by atoms with E-state index in [0.717, 1.165) is 11.2 Å². The number of ketones is 1. The Hall–Kier alpha value is -1.99. The van der Waals surface area contributed by atoms with E-state index in [0.29, 0.717) is 11.3 Å². The van der Waals surface area contributed by atoms with E-state index in [-0.39, 0.29) is 17.1 Å². The average Bonchev–Trinajstić information content (AvgIpc) is 2.98. The van der Waals surface area contributed by atoms with Crippen molar-refractivity contribution in [3.8, 4) is 0 Å². The molecular formula is C14H12N2O3S2. The number of sulfone groups is 1. The van der Waals surface area contributed by atoms with Gasteiger partial charge in [-0.1, -0.05) is 12.1 Å². The van der Waals surface area contributed by atoms with Gasteiger partial charge in [-0.25, -0.2) is 13.4 Å². The molecule has 0 unspecified atom stereocenters. The van der Waals surface area contributed by atoms with E-state index in [4.69, 9.17) is 0 Å². The van der Waals surface area contributed by atoms with Gasteiger partial charge in [0.2, 0.25) is 0 Å². The molecule has 5 nitrogen and oxygen atoms in total. The van der Waals surface area contributed by atoms with Crippen molar-refractivity contribution in [2.24, 2.45) is 0 Å². The molecule has 21 heavy (non-hydrogen) atoms. The number of imidazole rings is 1. The number of hydrogen-bond acceptors (Lipinski definition) is 5. The SMILES string of the molecule is CS(=O)(=O)c1ccc(C(=O)Cc2cn3ccsc3n2)cc1. The van der Waals surface area contributed by atoms with Crippen LogP contribution in [0.2, 0.25) is 0 Å². The van der Waals surface area contributed by atoms with Gasteiger partial charge in [-0.2, -0.15) is 0 Å². The highest BCUT2D eigenvalue weighted by atomic mass is 32.2. The second-order valence-corrected chi connectivity index (χ2v) is 7.61. The Morgan fingerprint density at radius 1 is 1.29 bits per heavy atom. The Morgan fingerprint density at radius 2 is 2.00 bits per heavy atom. The van der Waals surface area contributed by atoms with E-state index in [1.165, 1.54) is 35.6 Å². The topological polar surface area (TPSA) is 68.5 Å². The van der Waals surface area contributed by atoms with E-state index in [2.05, 4.69) is 4.98 Å². The van der Waals surface area contributed by atoms with Crippen molar-refractivity contribution < 1.29 is 13.2 Å². The van der Waals surface area contributed by atoms with Crippen molar-refractivity contribution in [3.05, 3.63) is 53.3 Å². The lowest BCUT2D eigenvalue weighted by molar-refractivity contribution is 0.0992. The van der Waals surface area contributed by atoms with Gasteiger partial charge < -0.3 is 0 Å². The van der Waals surface area contributed by atoms with Gasteiger partial charge in [0.15, 0.2) is 20.6 Å². The number of hydrogen-bond donors (Lipinski definition) is 0. The third-order valence-electron chi connectivity index (χ3n) is 3.09. The van der Waals surface area contributed by atoms with Crippen LogP contribution in [0, 0.1) is 0 Å². The van der Waals surface area contributed by atoms with Crippen molar-refractivity contribution in [2.45, 2.75) is 11.3 Å². The van der Waals surface area contributed by atoms with Gasteiger partial charge in [0.05, 0.1) is 17.0 Å². The van der Waals surface area contributed by atoms with Crippen molar-refractivity contribution in [2.75, 3.05) is 6.26 Å².